The van der Waals surface area contributed by atoms with Gasteiger partial charge in [-0.05, 0) is 29.8 Å². The van der Waals surface area contributed by atoms with Crippen LogP contribution in [0.5, 0.6) is 0 Å². The van der Waals surface area contributed by atoms with Gasteiger partial charge in [0.15, 0.2) is 11.5 Å². The minimum absolute atomic E-state index is 0.0551. The van der Waals surface area contributed by atoms with Crippen LogP contribution < -0.4 is 0 Å². The number of fused-ring (bicyclic) bond motifs is 1. The van der Waals surface area contributed by atoms with Gasteiger partial charge in [0.25, 0.3) is 5.91 Å². The van der Waals surface area contributed by atoms with Crippen LogP contribution in [0, 0.1) is 6.92 Å². The summed E-state index contributed by atoms with van der Waals surface area (Å²) in [6, 6.07) is 10.9. The van der Waals surface area contributed by atoms with Crippen LogP contribution in [0.2, 0.25) is 0 Å². The first-order valence-electron chi connectivity index (χ1n) is 8.94. The molecule has 138 valence electrons. The van der Waals surface area contributed by atoms with E-state index in [0.717, 1.165) is 16.7 Å². The third-order valence-electron chi connectivity index (χ3n) is 4.72. The molecule has 1 saturated heterocycles. The smallest absolute Gasteiger partial charge is 0.272 e. The monoisotopic (exact) mass is 364 g/mol. The number of oxazole rings is 1. The quantitative estimate of drug-likeness (QED) is 0.711. The van der Waals surface area contributed by atoms with E-state index in [9.17, 15) is 9.59 Å². The van der Waals surface area contributed by atoms with Gasteiger partial charge in [0.05, 0.1) is 6.42 Å². The highest BCUT2D eigenvalue weighted by Crippen LogP contribution is 2.18. The molecule has 7 nitrogen and oxygen atoms in total. The molecular weight excluding hydrogens is 344 g/mol. The number of amides is 2. The molecule has 1 aromatic carbocycles. The second kappa shape index (κ2) is 7.19. The van der Waals surface area contributed by atoms with Crippen LogP contribution in [0.4, 0.5) is 0 Å². The molecule has 0 unspecified atom stereocenters. The van der Waals surface area contributed by atoms with Crippen molar-refractivity contribution in [1.82, 2.24) is 19.8 Å². The normalized spacial score (nSPS) is 14.6. The Balaban J connectivity index is 1.36. The lowest BCUT2D eigenvalue weighted by Gasteiger charge is -2.34. The highest BCUT2D eigenvalue weighted by atomic mass is 16.3. The summed E-state index contributed by atoms with van der Waals surface area (Å²) >= 11 is 0. The number of benzene rings is 1. The van der Waals surface area contributed by atoms with Crippen LogP contribution in [0.25, 0.3) is 11.1 Å². The van der Waals surface area contributed by atoms with Gasteiger partial charge in [0, 0.05) is 39.3 Å². The first-order chi connectivity index (χ1) is 13.1. The third-order valence-corrected chi connectivity index (χ3v) is 4.72. The number of aromatic nitrogens is 2. The molecule has 1 aliphatic heterocycles. The van der Waals surface area contributed by atoms with Crippen molar-refractivity contribution in [2.75, 3.05) is 26.2 Å². The van der Waals surface area contributed by atoms with Crippen LogP contribution >= 0.6 is 0 Å². The van der Waals surface area contributed by atoms with Gasteiger partial charge in [-0.1, -0.05) is 12.1 Å². The summed E-state index contributed by atoms with van der Waals surface area (Å²) in [5.41, 5.74) is 2.84. The van der Waals surface area contributed by atoms with Crippen LogP contribution in [0.15, 0.2) is 47.0 Å². The zero-order valence-corrected chi connectivity index (χ0v) is 15.1. The summed E-state index contributed by atoms with van der Waals surface area (Å²) in [6.07, 6.45) is 1.93. The van der Waals surface area contributed by atoms with E-state index in [-0.39, 0.29) is 11.8 Å². The maximum absolute atomic E-state index is 12.6. The van der Waals surface area contributed by atoms with E-state index in [2.05, 4.69) is 9.97 Å². The highest BCUT2D eigenvalue weighted by Gasteiger charge is 2.25. The molecule has 0 spiro atoms. The molecule has 3 heterocycles. The van der Waals surface area contributed by atoms with E-state index < -0.39 is 0 Å². The molecule has 0 bridgehead atoms. The SMILES string of the molecule is Cc1nc2cc(CC(=O)N3CCN(C(=O)c4ccccn4)CC3)ccc2o1. The van der Waals surface area contributed by atoms with Crippen molar-refractivity contribution in [3.63, 3.8) is 0 Å². The van der Waals surface area contributed by atoms with E-state index in [1.807, 2.05) is 18.2 Å². The first kappa shape index (κ1) is 17.2. The number of hydrogen-bond acceptors (Lipinski definition) is 5. The van der Waals surface area contributed by atoms with E-state index in [1.165, 1.54) is 0 Å². The van der Waals surface area contributed by atoms with Crippen molar-refractivity contribution in [2.24, 2.45) is 0 Å². The Hall–Kier alpha value is -3.22. The van der Waals surface area contributed by atoms with Crippen molar-refractivity contribution in [3.8, 4) is 0 Å². The zero-order chi connectivity index (χ0) is 18.8. The van der Waals surface area contributed by atoms with E-state index in [1.54, 1.807) is 41.1 Å². The molecule has 3 aromatic rings. The van der Waals surface area contributed by atoms with Gasteiger partial charge >= 0.3 is 0 Å². The van der Waals surface area contributed by atoms with Crippen molar-refractivity contribution in [1.29, 1.82) is 0 Å². The Labute approximate surface area is 156 Å². The number of nitrogens with zero attached hydrogens (tertiary/aromatic N) is 4. The molecular formula is C20H20N4O3. The van der Waals surface area contributed by atoms with Crippen LogP contribution in [0.1, 0.15) is 21.9 Å². The lowest BCUT2D eigenvalue weighted by Crippen LogP contribution is -2.51. The molecule has 2 aromatic heterocycles. The maximum atomic E-state index is 12.6. The highest BCUT2D eigenvalue weighted by molar-refractivity contribution is 5.92. The molecule has 0 saturated carbocycles. The number of carbonyl (C=O) groups is 2. The minimum atomic E-state index is -0.0884. The van der Waals surface area contributed by atoms with Crippen molar-refractivity contribution < 1.29 is 14.0 Å². The van der Waals surface area contributed by atoms with Crippen LogP contribution in [-0.4, -0.2) is 57.8 Å². The summed E-state index contributed by atoms with van der Waals surface area (Å²) in [5.74, 6) is 0.580. The van der Waals surface area contributed by atoms with Crippen LogP contribution in [-0.2, 0) is 11.2 Å². The molecule has 0 atom stereocenters. The van der Waals surface area contributed by atoms with Gasteiger partial charge in [-0.15, -0.1) is 0 Å². The number of pyridine rings is 1. The zero-order valence-electron chi connectivity index (χ0n) is 15.1. The standard InChI is InChI=1S/C20H20N4O3/c1-14-22-17-12-15(5-6-18(17)27-14)13-19(25)23-8-10-24(11-9-23)20(26)16-4-2-3-7-21-16/h2-7,12H,8-11,13H2,1H3. The summed E-state index contributed by atoms with van der Waals surface area (Å²) in [7, 11) is 0. The summed E-state index contributed by atoms with van der Waals surface area (Å²) in [4.78, 5) is 37.0. The van der Waals surface area contributed by atoms with Crippen LogP contribution in [0.3, 0.4) is 0 Å². The average Bonchev–Trinajstić information content (AvgIpc) is 3.07. The Morgan fingerprint density at radius 1 is 1.07 bits per heavy atom. The van der Waals surface area contributed by atoms with Crippen molar-refractivity contribution >= 4 is 22.9 Å². The van der Waals surface area contributed by atoms with Gasteiger partial charge in [-0.2, -0.15) is 0 Å². The molecule has 1 fully saturated rings. The number of hydrogen-bond donors (Lipinski definition) is 0. The van der Waals surface area contributed by atoms with E-state index >= 15 is 0 Å². The van der Waals surface area contributed by atoms with Gasteiger partial charge in [-0.25, -0.2) is 4.98 Å². The lowest BCUT2D eigenvalue weighted by atomic mass is 10.1. The molecule has 0 aliphatic carbocycles. The summed E-state index contributed by atoms with van der Waals surface area (Å²) in [5, 5.41) is 0. The predicted octanol–water partition coefficient (Wildman–Crippen LogP) is 2.06. The first-order valence-corrected chi connectivity index (χ1v) is 8.94. The fourth-order valence-corrected chi connectivity index (χ4v) is 3.29. The number of rotatable bonds is 3. The number of carbonyl (C=O) groups excluding carboxylic acids is 2. The number of aryl methyl sites for hydroxylation is 1. The Bertz CT molecular complexity index is 975. The number of piperazine rings is 1. The van der Waals surface area contributed by atoms with Gasteiger partial charge in [0.2, 0.25) is 5.91 Å². The third kappa shape index (κ3) is 3.67. The van der Waals surface area contributed by atoms with Crippen molar-refractivity contribution in [2.45, 2.75) is 13.3 Å². The molecule has 1 aliphatic rings. The molecule has 0 N–H and O–H groups in total. The lowest BCUT2D eigenvalue weighted by molar-refractivity contribution is -0.131. The predicted molar refractivity (Wildman–Crippen MR) is 99.2 cm³/mol. The second-order valence-electron chi connectivity index (χ2n) is 6.60. The Morgan fingerprint density at radius 2 is 1.85 bits per heavy atom. The summed E-state index contributed by atoms with van der Waals surface area (Å²) < 4.78 is 5.47. The minimum Gasteiger partial charge on any atom is -0.441 e. The largest absolute Gasteiger partial charge is 0.441 e. The molecule has 4 rings (SSSR count). The fraction of sp³-hybridized carbons (Fsp3) is 0.300. The second-order valence-corrected chi connectivity index (χ2v) is 6.60. The fourth-order valence-electron chi connectivity index (χ4n) is 3.29. The average molecular weight is 364 g/mol. The molecule has 27 heavy (non-hydrogen) atoms. The van der Waals surface area contributed by atoms with Gasteiger partial charge in [-0.3, -0.25) is 14.6 Å². The Kier molecular flexibility index (Phi) is 4.58. The molecule has 7 heteroatoms. The van der Waals surface area contributed by atoms with E-state index in [4.69, 9.17) is 4.42 Å². The topological polar surface area (TPSA) is 79.5 Å². The van der Waals surface area contributed by atoms with Gasteiger partial charge < -0.3 is 14.2 Å². The molecule has 0 radical (unpaired) electrons. The molecule has 2 amide bonds. The summed E-state index contributed by atoms with van der Waals surface area (Å²) in [6.45, 7) is 3.90. The van der Waals surface area contributed by atoms with Crippen molar-refractivity contribution in [3.05, 3.63) is 59.7 Å². The van der Waals surface area contributed by atoms with Gasteiger partial charge in [0.1, 0.15) is 11.2 Å². The Morgan fingerprint density at radius 3 is 2.59 bits per heavy atom. The van der Waals surface area contributed by atoms with E-state index in [0.29, 0.717) is 44.2 Å². The maximum Gasteiger partial charge on any atom is 0.272 e.